The van der Waals surface area contributed by atoms with Crippen LogP contribution in [0, 0.1) is 0 Å². The smallest absolute Gasteiger partial charge is 0.337 e. The van der Waals surface area contributed by atoms with Crippen molar-refractivity contribution in [2.75, 3.05) is 5.32 Å². The van der Waals surface area contributed by atoms with Gasteiger partial charge in [0.25, 0.3) is 0 Å². The van der Waals surface area contributed by atoms with Crippen LogP contribution in [0.3, 0.4) is 0 Å². The van der Waals surface area contributed by atoms with Gasteiger partial charge in [0.15, 0.2) is 0 Å². The van der Waals surface area contributed by atoms with Crippen molar-refractivity contribution >= 4 is 52.1 Å². The summed E-state index contributed by atoms with van der Waals surface area (Å²) in [7, 11) is 0. The summed E-state index contributed by atoms with van der Waals surface area (Å²) in [5.74, 6) is -1.09. The van der Waals surface area contributed by atoms with E-state index in [-0.39, 0.29) is 5.56 Å². The van der Waals surface area contributed by atoms with Crippen LogP contribution in [0.25, 0.3) is 0 Å². The number of nitrogens with one attached hydrogen (secondary N) is 1. The Balaban J connectivity index is 2.47. The minimum Gasteiger partial charge on any atom is -0.478 e. The second-order valence-electron chi connectivity index (χ2n) is 3.72. The summed E-state index contributed by atoms with van der Waals surface area (Å²) >= 11 is 17.8. The molecular weight excluding hydrogens is 309 g/mol. The van der Waals surface area contributed by atoms with Gasteiger partial charge in [-0.3, -0.25) is 0 Å². The van der Waals surface area contributed by atoms with Crippen LogP contribution in [0.2, 0.25) is 15.1 Å². The molecular formula is C13H8Cl3NO2. The Kier molecular flexibility index (Phi) is 4.20. The van der Waals surface area contributed by atoms with Crippen LogP contribution in [-0.2, 0) is 0 Å². The van der Waals surface area contributed by atoms with Crippen LogP contribution in [0.1, 0.15) is 10.4 Å². The van der Waals surface area contributed by atoms with E-state index in [1.54, 1.807) is 30.3 Å². The lowest BCUT2D eigenvalue weighted by Crippen LogP contribution is -2.03. The van der Waals surface area contributed by atoms with Gasteiger partial charge in [-0.2, -0.15) is 0 Å². The molecule has 0 saturated heterocycles. The van der Waals surface area contributed by atoms with Gasteiger partial charge < -0.3 is 10.4 Å². The van der Waals surface area contributed by atoms with Gasteiger partial charge in [0.1, 0.15) is 0 Å². The SMILES string of the molecule is O=C(O)c1cc(Cl)ccc1Nc1c(Cl)cccc1Cl. The van der Waals surface area contributed by atoms with E-state index in [0.29, 0.717) is 26.4 Å². The number of carbonyl (C=O) groups is 1. The number of anilines is 2. The lowest BCUT2D eigenvalue weighted by Gasteiger charge is -2.12. The van der Waals surface area contributed by atoms with Crippen LogP contribution in [0.15, 0.2) is 36.4 Å². The first-order valence-corrected chi connectivity index (χ1v) is 6.36. The van der Waals surface area contributed by atoms with E-state index in [4.69, 9.17) is 39.9 Å². The monoisotopic (exact) mass is 315 g/mol. The van der Waals surface area contributed by atoms with Crippen molar-refractivity contribution in [3.8, 4) is 0 Å². The highest BCUT2D eigenvalue weighted by molar-refractivity contribution is 6.39. The van der Waals surface area contributed by atoms with E-state index < -0.39 is 5.97 Å². The maximum atomic E-state index is 11.2. The van der Waals surface area contributed by atoms with Crippen LogP contribution in [-0.4, -0.2) is 11.1 Å². The molecule has 0 fully saturated rings. The van der Waals surface area contributed by atoms with Crippen molar-refractivity contribution in [2.45, 2.75) is 0 Å². The Morgan fingerprint density at radius 3 is 2.26 bits per heavy atom. The standard InChI is InChI=1S/C13H8Cl3NO2/c14-7-4-5-11(8(6-7)13(18)19)17-12-9(15)2-1-3-10(12)16/h1-6,17H,(H,18,19). The van der Waals surface area contributed by atoms with Gasteiger partial charge in [0.2, 0.25) is 0 Å². The predicted molar refractivity (Wildman–Crippen MR) is 78.2 cm³/mol. The first kappa shape index (κ1) is 14.0. The number of carboxylic acid groups (broad SMARTS) is 1. The van der Waals surface area contributed by atoms with Gasteiger partial charge in [-0.15, -0.1) is 0 Å². The van der Waals surface area contributed by atoms with E-state index in [9.17, 15) is 4.79 Å². The Bertz CT molecular complexity index is 624. The zero-order valence-corrected chi connectivity index (χ0v) is 11.7. The second kappa shape index (κ2) is 5.70. The number of benzene rings is 2. The molecule has 2 rings (SSSR count). The Morgan fingerprint density at radius 2 is 1.68 bits per heavy atom. The fraction of sp³-hybridized carbons (Fsp3) is 0. The second-order valence-corrected chi connectivity index (χ2v) is 4.97. The number of halogens is 3. The van der Waals surface area contributed by atoms with Gasteiger partial charge in [-0.25, -0.2) is 4.79 Å². The maximum absolute atomic E-state index is 11.2. The van der Waals surface area contributed by atoms with Gasteiger partial charge in [0, 0.05) is 5.02 Å². The summed E-state index contributed by atoms with van der Waals surface area (Å²) in [6.45, 7) is 0. The Morgan fingerprint density at radius 1 is 1.05 bits per heavy atom. The van der Waals surface area contributed by atoms with Gasteiger partial charge >= 0.3 is 5.97 Å². The van der Waals surface area contributed by atoms with Gasteiger partial charge in [0.05, 0.1) is 27.0 Å². The number of hydrogen-bond donors (Lipinski definition) is 2. The van der Waals surface area contributed by atoms with Crippen molar-refractivity contribution in [1.82, 2.24) is 0 Å². The minimum absolute atomic E-state index is 0.0449. The fourth-order valence-corrected chi connectivity index (χ4v) is 2.22. The predicted octanol–water partition coefficient (Wildman–Crippen LogP) is 5.09. The molecule has 0 aliphatic heterocycles. The lowest BCUT2D eigenvalue weighted by molar-refractivity contribution is 0.0698. The summed E-state index contributed by atoms with van der Waals surface area (Å²) in [5, 5.41) is 13.2. The van der Waals surface area contributed by atoms with E-state index in [0.717, 1.165) is 0 Å². The molecule has 0 radical (unpaired) electrons. The van der Waals surface area contributed by atoms with Crippen molar-refractivity contribution < 1.29 is 9.90 Å². The molecule has 0 aliphatic carbocycles. The summed E-state index contributed by atoms with van der Waals surface area (Å²) in [6, 6.07) is 9.53. The van der Waals surface area contributed by atoms with Crippen molar-refractivity contribution in [1.29, 1.82) is 0 Å². The third kappa shape index (κ3) is 3.13. The fourth-order valence-electron chi connectivity index (χ4n) is 1.55. The minimum atomic E-state index is -1.09. The van der Waals surface area contributed by atoms with E-state index in [1.807, 2.05) is 0 Å². The van der Waals surface area contributed by atoms with Crippen LogP contribution >= 0.6 is 34.8 Å². The van der Waals surface area contributed by atoms with Crippen molar-refractivity contribution in [3.63, 3.8) is 0 Å². The highest BCUT2D eigenvalue weighted by Crippen LogP contribution is 2.34. The van der Waals surface area contributed by atoms with E-state index in [2.05, 4.69) is 5.32 Å². The molecule has 19 heavy (non-hydrogen) atoms. The Labute approximate surface area is 124 Å². The van der Waals surface area contributed by atoms with Crippen LogP contribution in [0.5, 0.6) is 0 Å². The topological polar surface area (TPSA) is 49.3 Å². The normalized spacial score (nSPS) is 10.3. The van der Waals surface area contributed by atoms with Crippen LogP contribution < -0.4 is 5.32 Å². The molecule has 0 spiro atoms. The lowest BCUT2D eigenvalue weighted by atomic mass is 10.1. The molecule has 0 heterocycles. The molecule has 0 amide bonds. The average Bonchev–Trinajstić information content (AvgIpc) is 2.35. The molecule has 6 heteroatoms. The molecule has 2 aromatic carbocycles. The number of para-hydroxylation sites is 1. The van der Waals surface area contributed by atoms with Crippen LogP contribution in [0.4, 0.5) is 11.4 Å². The zero-order valence-electron chi connectivity index (χ0n) is 9.45. The molecule has 0 unspecified atom stereocenters. The molecule has 98 valence electrons. The van der Waals surface area contributed by atoms with Crippen molar-refractivity contribution in [3.05, 3.63) is 57.0 Å². The maximum Gasteiger partial charge on any atom is 0.337 e. The molecule has 2 aromatic rings. The molecule has 0 aromatic heterocycles. The van der Waals surface area contributed by atoms with Gasteiger partial charge in [-0.05, 0) is 30.3 Å². The quantitative estimate of drug-likeness (QED) is 0.829. The largest absolute Gasteiger partial charge is 0.478 e. The summed E-state index contributed by atoms with van der Waals surface area (Å²) in [4.78, 5) is 11.2. The van der Waals surface area contributed by atoms with E-state index in [1.165, 1.54) is 6.07 Å². The third-order valence-electron chi connectivity index (χ3n) is 2.43. The molecule has 0 atom stereocenters. The van der Waals surface area contributed by atoms with Gasteiger partial charge in [-0.1, -0.05) is 40.9 Å². The number of carboxylic acids is 1. The first-order valence-electron chi connectivity index (χ1n) is 5.23. The summed E-state index contributed by atoms with van der Waals surface area (Å²) < 4.78 is 0. The highest BCUT2D eigenvalue weighted by atomic mass is 35.5. The van der Waals surface area contributed by atoms with Crippen molar-refractivity contribution in [2.24, 2.45) is 0 Å². The third-order valence-corrected chi connectivity index (χ3v) is 3.30. The molecule has 0 bridgehead atoms. The van der Waals surface area contributed by atoms with E-state index >= 15 is 0 Å². The average molecular weight is 317 g/mol. The zero-order chi connectivity index (χ0) is 14.0. The Hall–Kier alpha value is -1.42. The first-order chi connectivity index (χ1) is 8.99. The number of hydrogen-bond acceptors (Lipinski definition) is 2. The number of aromatic carboxylic acids is 1. The molecule has 0 aliphatic rings. The summed E-state index contributed by atoms with van der Waals surface area (Å²) in [6.07, 6.45) is 0. The highest BCUT2D eigenvalue weighted by Gasteiger charge is 2.13. The molecule has 2 N–H and O–H groups in total. The number of rotatable bonds is 3. The molecule has 3 nitrogen and oxygen atoms in total. The molecule has 0 saturated carbocycles. The summed E-state index contributed by atoms with van der Waals surface area (Å²) in [5.41, 5.74) is 0.867.